The highest BCUT2D eigenvalue weighted by Crippen LogP contribution is 2.28. The second kappa shape index (κ2) is 15.7. The van der Waals surface area contributed by atoms with E-state index in [1.807, 2.05) is 6.92 Å². The van der Waals surface area contributed by atoms with Crippen LogP contribution in [0.15, 0.2) is 24.3 Å². The van der Waals surface area contributed by atoms with Crippen molar-refractivity contribution >= 4 is 17.9 Å². The lowest BCUT2D eigenvalue weighted by atomic mass is 9.93. The van der Waals surface area contributed by atoms with Crippen molar-refractivity contribution in [1.29, 1.82) is 0 Å². The molecule has 220 valence electrons. The summed E-state index contributed by atoms with van der Waals surface area (Å²) in [6.45, 7) is 3.80. The molecule has 6 atom stereocenters. The van der Waals surface area contributed by atoms with Gasteiger partial charge in [0.2, 0.25) is 12.4 Å². The number of aliphatic hydroxyl groups is 1. The highest BCUT2D eigenvalue weighted by atomic mass is 19.1. The van der Waals surface area contributed by atoms with Crippen molar-refractivity contribution in [2.75, 3.05) is 13.3 Å². The molecule has 12 heteroatoms. The van der Waals surface area contributed by atoms with Crippen LogP contribution in [0.4, 0.5) is 4.39 Å². The van der Waals surface area contributed by atoms with E-state index in [-0.39, 0.29) is 38.0 Å². The van der Waals surface area contributed by atoms with Crippen molar-refractivity contribution in [2.24, 2.45) is 5.73 Å². The molecular weight excluding hydrogens is 517 g/mol. The van der Waals surface area contributed by atoms with Crippen LogP contribution < -0.4 is 5.73 Å². The summed E-state index contributed by atoms with van der Waals surface area (Å²) in [5.41, 5.74) is 4.42. The Bertz CT molecular complexity index is 930. The fraction of sp³-hybridized carbons (Fsp3) is 0.667. The smallest absolute Gasteiger partial charge is 0.331 e. The Labute approximate surface area is 227 Å². The molecule has 1 saturated heterocycles. The molecule has 0 amide bonds. The lowest BCUT2D eigenvalue weighted by Gasteiger charge is -2.41. The first kappa shape index (κ1) is 32.4. The molecule has 1 aliphatic rings. The maximum Gasteiger partial charge on any atom is 0.331 e. The zero-order valence-electron chi connectivity index (χ0n) is 22.7. The summed E-state index contributed by atoms with van der Waals surface area (Å²) in [6.07, 6.45) is -5.00. The topological polar surface area (TPSA) is 164 Å². The van der Waals surface area contributed by atoms with Gasteiger partial charge >= 0.3 is 17.9 Å². The van der Waals surface area contributed by atoms with E-state index in [0.717, 1.165) is 0 Å². The number of nitrogens with two attached hydrogens (primary N) is 1. The minimum Gasteiger partial charge on any atom is -0.508 e. The van der Waals surface area contributed by atoms with Crippen LogP contribution in [0.2, 0.25) is 0 Å². The Morgan fingerprint density at radius 1 is 1.03 bits per heavy atom. The fourth-order valence-electron chi connectivity index (χ4n) is 3.95. The Morgan fingerprint density at radius 3 is 2.15 bits per heavy atom. The molecule has 1 aliphatic heterocycles. The number of carbonyl (C=O) groups is 3. The van der Waals surface area contributed by atoms with E-state index in [1.54, 1.807) is 13.8 Å². The summed E-state index contributed by atoms with van der Waals surface area (Å²) < 4.78 is 42.0. The van der Waals surface area contributed by atoms with E-state index in [0.29, 0.717) is 24.8 Å². The fourth-order valence-corrected chi connectivity index (χ4v) is 3.95. The molecule has 1 aromatic carbocycles. The van der Waals surface area contributed by atoms with Gasteiger partial charge in [0.05, 0.1) is 6.61 Å². The van der Waals surface area contributed by atoms with Crippen molar-refractivity contribution in [3.8, 4) is 5.75 Å². The largest absolute Gasteiger partial charge is 0.508 e. The summed E-state index contributed by atoms with van der Waals surface area (Å²) >= 11 is 0. The van der Waals surface area contributed by atoms with Gasteiger partial charge in [-0.05, 0) is 37.0 Å². The quantitative estimate of drug-likeness (QED) is 0.165. The number of ether oxygens (including phenoxy) is 5. The lowest BCUT2D eigenvalue weighted by Crippen LogP contribution is -2.61. The number of hydrogen-bond acceptors (Lipinski definition) is 11. The zero-order valence-corrected chi connectivity index (χ0v) is 22.7. The van der Waals surface area contributed by atoms with Crippen LogP contribution in [-0.2, 0) is 44.5 Å². The zero-order chi connectivity index (χ0) is 29.0. The Hall–Kier alpha value is -2.80. The van der Waals surface area contributed by atoms with Gasteiger partial charge in [-0.1, -0.05) is 39.3 Å². The summed E-state index contributed by atoms with van der Waals surface area (Å²) in [4.78, 5) is 38.1. The van der Waals surface area contributed by atoms with Gasteiger partial charge in [0.25, 0.3) is 0 Å². The van der Waals surface area contributed by atoms with Crippen LogP contribution in [0.3, 0.4) is 0 Å². The normalized spacial score (nSPS) is 23.3. The molecule has 0 radical (unpaired) electrons. The molecule has 11 nitrogen and oxygen atoms in total. The number of rotatable bonds is 15. The van der Waals surface area contributed by atoms with Gasteiger partial charge in [-0.2, -0.15) is 0 Å². The molecule has 0 aromatic heterocycles. The average Bonchev–Trinajstić information content (AvgIpc) is 2.89. The molecule has 4 N–H and O–H groups in total. The van der Waals surface area contributed by atoms with Gasteiger partial charge in [0.1, 0.15) is 24.1 Å². The number of esters is 3. The van der Waals surface area contributed by atoms with Crippen LogP contribution in [0, 0.1) is 0 Å². The van der Waals surface area contributed by atoms with Crippen LogP contribution >= 0.6 is 0 Å². The molecule has 0 saturated carbocycles. The first-order chi connectivity index (χ1) is 18.6. The number of halogens is 1. The maximum absolute atomic E-state index is 14.1. The standard InChI is InChI=1S/C27H40FNO10/c1-4-7-20(31)36-19-15-35-25(24(38-22(33)9-6-3)23(19)37-21(32)8-5-2)39-26(34)27(29,16-28)14-17-10-12-18(30)13-11-17/h10-13,19-20,23-25,30-31H,4-9,14-16,29H2,1-3H3/t19-,20?,23+,24-,25+,27-/m1/s1. The maximum atomic E-state index is 14.1. The van der Waals surface area contributed by atoms with Gasteiger partial charge in [-0.25, -0.2) is 9.18 Å². The third-order valence-corrected chi connectivity index (χ3v) is 6.02. The average molecular weight is 558 g/mol. The van der Waals surface area contributed by atoms with E-state index in [2.05, 4.69) is 0 Å². The molecule has 1 heterocycles. The number of benzene rings is 1. The number of phenols is 1. The van der Waals surface area contributed by atoms with Gasteiger partial charge in [0, 0.05) is 19.3 Å². The van der Waals surface area contributed by atoms with E-state index in [4.69, 9.17) is 29.4 Å². The number of aliphatic hydroxyl groups excluding tert-OH is 1. The summed E-state index contributed by atoms with van der Waals surface area (Å²) in [6, 6.07) is 5.71. The molecule has 39 heavy (non-hydrogen) atoms. The van der Waals surface area contributed by atoms with E-state index < -0.39 is 61.0 Å². The SMILES string of the molecule is CCCC(=O)O[C@@H]1[C@@H](OC(=O)CCC)[C@H](OC(=O)[C@](N)(CF)Cc2ccc(O)cc2)OC[C@H]1OC(O)CCC. The third kappa shape index (κ3) is 9.71. The van der Waals surface area contributed by atoms with E-state index >= 15 is 0 Å². The van der Waals surface area contributed by atoms with E-state index in [1.165, 1.54) is 24.3 Å². The van der Waals surface area contributed by atoms with Crippen LogP contribution in [0.5, 0.6) is 5.75 Å². The number of carbonyl (C=O) groups excluding carboxylic acids is 3. The minimum absolute atomic E-state index is 0.0129. The van der Waals surface area contributed by atoms with Gasteiger partial charge in [-0.15, -0.1) is 0 Å². The number of alkyl halides is 1. The van der Waals surface area contributed by atoms with Gasteiger partial charge < -0.3 is 39.6 Å². The molecule has 0 bridgehead atoms. The number of hydrogen-bond donors (Lipinski definition) is 3. The first-order valence-electron chi connectivity index (χ1n) is 13.2. The molecule has 2 rings (SSSR count). The van der Waals surface area contributed by atoms with Crippen molar-refractivity contribution in [3.63, 3.8) is 0 Å². The summed E-state index contributed by atoms with van der Waals surface area (Å²) in [7, 11) is 0. The number of aromatic hydroxyl groups is 1. The minimum atomic E-state index is -2.13. The van der Waals surface area contributed by atoms with Crippen LogP contribution in [0.1, 0.15) is 64.9 Å². The van der Waals surface area contributed by atoms with Crippen molar-refractivity contribution < 1.29 is 52.7 Å². The highest BCUT2D eigenvalue weighted by molar-refractivity contribution is 5.81. The first-order valence-corrected chi connectivity index (χ1v) is 13.2. The van der Waals surface area contributed by atoms with Gasteiger partial charge in [-0.3, -0.25) is 9.59 Å². The molecule has 1 aromatic rings. The molecular formula is C27H40FNO10. The molecule has 0 aliphatic carbocycles. The summed E-state index contributed by atoms with van der Waals surface area (Å²) in [5.74, 6) is -2.48. The Kier molecular flexibility index (Phi) is 13.1. The highest BCUT2D eigenvalue weighted by Gasteiger charge is 2.50. The Morgan fingerprint density at radius 2 is 1.62 bits per heavy atom. The van der Waals surface area contributed by atoms with Crippen molar-refractivity contribution in [1.82, 2.24) is 0 Å². The second-order valence-corrected chi connectivity index (χ2v) is 9.57. The molecule has 1 unspecified atom stereocenters. The van der Waals surface area contributed by atoms with E-state index in [9.17, 15) is 29.0 Å². The van der Waals surface area contributed by atoms with Gasteiger partial charge in [0.15, 0.2) is 12.4 Å². The Balaban J connectivity index is 2.33. The number of phenolic OH excluding ortho intramolecular Hbond substituents is 1. The predicted molar refractivity (Wildman–Crippen MR) is 136 cm³/mol. The molecule has 0 spiro atoms. The van der Waals surface area contributed by atoms with Crippen LogP contribution in [-0.4, -0.2) is 77.8 Å². The summed E-state index contributed by atoms with van der Waals surface area (Å²) in [5, 5.41) is 19.7. The predicted octanol–water partition coefficient (Wildman–Crippen LogP) is 2.43. The molecule has 1 fully saturated rings. The second-order valence-electron chi connectivity index (χ2n) is 9.57. The lowest BCUT2D eigenvalue weighted by molar-refractivity contribution is -0.295. The van der Waals surface area contributed by atoms with Crippen LogP contribution in [0.25, 0.3) is 0 Å². The third-order valence-electron chi connectivity index (χ3n) is 6.02. The van der Waals surface area contributed by atoms with Crippen molar-refractivity contribution in [2.45, 2.75) is 102 Å². The van der Waals surface area contributed by atoms with Crippen molar-refractivity contribution in [3.05, 3.63) is 29.8 Å². The monoisotopic (exact) mass is 557 g/mol.